The standard InChI is InChI=1S/C96H181NO18/c1-3-5-7-9-11-13-15-17-19-21-23-25-27-29-31-33-35-37-38-39-40-42-44-46-48-50-52-54-56-58-60-62-64-66-68-70-72-74-84(102)97-79(80(101)73-71-69-67-65-63-61-59-57-55-53-51-49-47-45-43-41-36-34-32-30-28-26-24-22-20-18-16-14-12-10-8-6-4-2)78-110-94-90(108)87(105)92(82(76-99)112-94)115-96-91(109)88(106)93(83(77-100)113-96)114-95-89(107)86(104)85(103)81(75-98)111-95/h15,17,21,23,71,73,79-83,85-96,98-101,103-109H,3-14,16,18-20,22,24-70,72,74-78H2,1-2H3,(H,97,102)/b17-15-,23-21-,73-71+. The molecular formula is C96H181NO18. The lowest BCUT2D eigenvalue weighted by Crippen LogP contribution is -2.66. The molecule has 17 atom stereocenters. The number of nitrogens with one attached hydrogen (secondary N) is 1. The number of ether oxygens (including phenoxy) is 6. The summed E-state index contributed by atoms with van der Waals surface area (Å²) in [6, 6.07) is -0.974. The van der Waals surface area contributed by atoms with E-state index in [2.05, 4.69) is 43.5 Å². The summed E-state index contributed by atoms with van der Waals surface area (Å²) in [7, 11) is 0. The lowest BCUT2D eigenvalue weighted by Gasteiger charge is -2.48. The zero-order valence-electron chi connectivity index (χ0n) is 73.6. The molecule has 0 saturated carbocycles. The van der Waals surface area contributed by atoms with Gasteiger partial charge < -0.3 is 89.9 Å². The Kier molecular flexibility index (Phi) is 70.6. The number of hydrogen-bond donors (Lipinski definition) is 12. The Morgan fingerprint density at radius 2 is 0.574 bits per heavy atom. The molecule has 3 aliphatic heterocycles. The van der Waals surface area contributed by atoms with Crippen molar-refractivity contribution in [2.24, 2.45) is 0 Å². The molecule has 3 saturated heterocycles. The van der Waals surface area contributed by atoms with Gasteiger partial charge in [-0.1, -0.05) is 416 Å². The van der Waals surface area contributed by atoms with Crippen molar-refractivity contribution in [2.45, 2.75) is 542 Å². The highest BCUT2D eigenvalue weighted by Crippen LogP contribution is 2.34. The van der Waals surface area contributed by atoms with Crippen LogP contribution in [-0.2, 0) is 33.2 Å². The van der Waals surface area contributed by atoms with E-state index in [1.54, 1.807) is 6.08 Å². The second kappa shape index (κ2) is 75.7. The number of carbonyl (C=O) groups is 1. The molecule has 3 fully saturated rings. The number of unbranched alkanes of at least 4 members (excludes halogenated alkanes) is 61. The summed E-state index contributed by atoms with van der Waals surface area (Å²) < 4.78 is 34.6. The third-order valence-corrected chi connectivity index (χ3v) is 24.4. The molecule has 0 radical (unpaired) electrons. The van der Waals surface area contributed by atoms with Crippen molar-refractivity contribution in [1.29, 1.82) is 0 Å². The van der Waals surface area contributed by atoms with E-state index in [0.29, 0.717) is 6.42 Å². The van der Waals surface area contributed by atoms with E-state index in [1.165, 1.54) is 360 Å². The van der Waals surface area contributed by atoms with Crippen LogP contribution in [0.2, 0.25) is 0 Å². The second-order valence-corrected chi connectivity index (χ2v) is 34.9. The molecule has 17 unspecified atom stereocenters. The highest BCUT2D eigenvalue weighted by atomic mass is 16.8. The van der Waals surface area contributed by atoms with Gasteiger partial charge in [-0.15, -0.1) is 0 Å². The van der Waals surface area contributed by atoms with Gasteiger partial charge in [0.05, 0.1) is 38.6 Å². The predicted octanol–water partition coefficient (Wildman–Crippen LogP) is 19.8. The maximum absolute atomic E-state index is 13.5. The van der Waals surface area contributed by atoms with Crippen LogP contribution in [0.3, 0.4) is 0 Å². The van der Waals surface area contributed by atoms with Crippen molar-refractivity contribution in [2.75, 3.05) is 26.4 Å². The smallest absolute Gasteiger partial charge is 0.220 e. The summed E-state index contributed by atoms with van der Waals surface area (Å²) in [4.78, 5) is 13.5. The van der Waals surface area contributed by atoms with Crippen LogP contribution in [0.5, 0.6) is 0 Å². The minimum atomic E-state index is -1.98. The van der Waals surface area contributed by atoms with Gasteiger partial charge in [0.25, 0.3) is 0 Å². The van der Waals surface area contributed by atoms with Gasteiger partial charge in [0, 0.05) is 6.42 Å². The minimum absolute atomic E-state index is 0.248. The number of carbonyl (C=O) groups excluding carboxylic acids is 1. The number of rotatable bonds is 81. The van der Waals surface area contributed by atoms with Crippen LogP contribution in [0, 0.1) is 0 Å². The fraction of sp³-hybridized carbons (Fsp3) is 0.927. The third-order valence-electron chi connectivity index (χ3n) is 24.4. The average molecular weight is 1640 g/mol. The summed E-state index contributed by atoms with van der Waals surface area (Å²) in [6.45, 7) is 1.81. The molecule has 19 heteroatoms. The molecule has 12 N–H and O–H groups in total. The molecule has 3 rings (SSSR count). The van der Waals surface area contributed by atoms with Crippen LogP contribution in [0.25, 0.3) is 0 Å². The minimum Gasteiger partial charge on any atom is -0.394 e. The third kappa shape index (κ3) is 53.6. The number of aliphatic hydroxyl groups excluding tert-OH is 11. The lowest BCUT2D eigenvalue weighted by molar-refractivity contribution is -0.379. The summed E-state index contributed by atoms with van der Waals surface area (Å²) in [5.74, 6) is -0.265. The molecule has 0 aromatic carbocycles. The van der Waals surface area contributed by atoms with Gasteiger partial charge in [-0.2, -0.15) is 0 Å². The quantitative estimate of drug-likeness (QED) is 0.0199. The van der Waals surface area contributed by atoms with E-state index in [-0.39, 0.29) is 18.9 Å². The molecule has 3 heterocycles. The fourth-order valence-corrected chi connectivity index (χ4v) is 16.7. The van der Waals surface area contributed by atoms with Crippen LogP contribution >= 0.6 is 0 Å². The van der Waals surface area contributed by atoms with Gasteiger partial charge in [-0.25, -0.2) is 0 Å². The second-order valence-electron chi connectivity index (χ2n) is 34.9. The topological polar surface area (TPSA) is 307 Å². The predicted molar refractivity (Wildman–Crippen MR) is 466 cm³/mol. The van der Waals surface area contributed by atoms with Gasteiger partial charge in [-0.05, 0) is 51.4 Å². The Morgan fingerprint density at radius 3 is 0.887 bits per heavy atom. The van der Waals surface area contributed by atoms with Gasteiger partial charge >= 0.3 is 0 Å². The zero-order chi connectivity index (χ0) is 83.1. The van der Waals surface area contributed by atoms with Crippen LogP contribution in [0.4, 0.5) is 0 Å². The van der Waals surface area contributed by atoms with Gasteiger partial charge in [0.1, 0.15) is 73.2 Å². The van der Waals surface area contributed by atoms with Crippen LogP contribution in [0.1, 0.15) is 438 Å². The van der Waals surface area contributed by atoms with E-state index >= 15 is 0 Å². The molecule has 0 bridgehead atoms. The van der Waals surface area contributed by atoms with Crippen LogP contribution < -0.4 is 5.32 Å². The normalized spacial score (nSPS) is 24.7. The maximum Gasteiger partial charge on any atom is 0.220 e. The summed E-state index contributed by atoms with van der Waals surface area (Å²) >= 11 is 0. The first-order valence-electron chi connectivity index (χ1n) is 48.7. The number of aliphatic hydroxyl groups is 11. The monoisotopic (exact) mass is 1640 g/mol. The van der Waals surface area contributed by atoms with Crippen molar-refractivity contribution in [3.05, 3.63) is 36.5 Å². The molecule has 678 valence electrons. The Hall–Kier alpha value is -1.99. The van der Waals surface area contributed by atoms with Crippen molar-refractivity contribution >= 4 is 5.91 Å². The number of allylic oxidation sites excluding steroid dienone is 5. The van der Waals surface area contributed by atoms with Crippen molar-refractivity contribution in [3.63, 3.8) is 0 Å². The molecular weight excluding hydrogens is 1460 g/mol. The van der Waals surface area contributed by atoms with E-state index in [1.807, 2.05) is 6.08 Å². The first-order chi connectivity index (χ1) is 56.3. The molecule has 19 nitrogen and oxygen atoms in total. The average Bonchev–Trinajstić information content (AvgIpc) is 0.779. The number of amides is 1. The van der Waals surface area contributed by atoms with Crippen molar-refractivity contribution < 1.29 is 89.4 Å². The van der Waals surface area contributed by atoms with Gasteiger partial charge in [-0.3, -0.25) is 4.79 Å². The zero-order valence-corrected chi connectivity index (χ0v) is 73.6. The molecule has 0 aliphatic carbocycles. The van der Waals surface area contributed by atoms with E-state index in [0.717, 1.165) is 51.4 Å². The molecule has 115 heavy (non-hydrogen) atoms. The highest BCUT2D eigenvalue weighted by molar-refractivity contribution is 5.76. The van der Waals surface area contributed by atoms with E-state index in [4.69, 9.17) is 28.4 Å². The van der Waals surface area contributed by atoms with Gasteiger partial charge in [0.2, 0.25) is 5.91 Å². The summed E-state index contributed by atoms with van der Waals surface area (Å²) in [5, 5.41) is 121. The molecule has 0 aromatic heterocycles. The fourth-order valence-electron chi connectivity index (χ4n) is 16.7. The van der Waals surface area contributed by atoms with Gasteiger partial charge in [0.15, 0.2) is 18.9 Å². The molecule has 0 aromatic rings. The Morgan fingerprint density at radius 1 is 0.313 bits per heavy atom. The number of hydrogen-bond acceptors (Lipinski definition) is 18. The lowest BCUT2D eigenvalue weighted by atomic mass is 9.96. The van der Waals surface area contributed by atoms with Crippen molar-refractivity contribution in [3.8, 4) is 0 Å². The van der Waals surface area contributed by atoms with Crippen molar-refractivity contribution in [1.82, 2.24) is 5.32 Å². The highest BCUT2D eigenvalue weighted by Gasteiger charge is 2.54. The summed E-state index contributed by atoms with van der Waals surface area (Å²) in [6.07, 6.45) is 71.8. The first-order valence-corrected chi connectivity index (χ1v) is 48.7. The SMILES string of the molecule is CCCCCCC/C=C\C/C=C\CCCCCCCCCCCCCCCCCCCCCCCCCCCC(=O)NC(COC1OC(CO)C(OC2OC(CO)C(OC3OC(CO)C(O)C(O)C3O)C(O)C2O)C(O)C1O)C(O)/C=C/CCCCCCCCCCCCCCCCCCCCCCCCCCCCCCCCC. The largest absolute Gasteiger partial charge is 0.394 e. The van der Waals surface area contributed by atoms with E-state index < -0.39 is 124 Å². The molecule has 3 aliphatic rings. The molecule has 1 amide bonds. The Balaban J connectivity index is 1.29. The Bertz CT molecular complexity index is 2210. The van der Waals surface area contributed by atoms with E-state index in [9.17, 15) is 61.0 Å². The first kappa shape index (κ1) is 107. The van der Waals surface area contributed by atoms with Crippen LogP contribution in [0.15, 0.2) is 36.5 Å². The summed E-state index contributed by atoms with van der Waals surface area (Å²) in [5.41, 5.74) is 0. The molecule has 0 spiro atoms. The van der Waals surface area contributed by atoms with Crippen LogP contribution in [-0.4, -0.2) is 193 Å². The Labute approximate surface area is 701 Å². The maximum atomic E-state index is 13.5.